The second kappa shape index (κ2) is 7.57. The van der Waals surface area contributed by atoms with Gasteiger partial charge in [0.05, 0.1) is 12.6 Å². The van der Waals surface area contributed by atoms with Gasteiger partial charge in [-0.15, -0.1) is 0 Å². The Labute approximate surface area is 199 Å². The smallest absolute Gasteiger partial charge is 0.446 e. The fourth-order valence-corrected chi connectivity index (χ4v) is 5.09. The highest BCUT2D eigenvalue weighted by Crippen LogP contribution is 2.45. The minimum Gasteiger partial charge on any atom is -0.446 e. The zero-order valence-corrected chi connectivity index (χ0v) is 18.3. The van der Waals surface area contributed by atoms with E-state index in [-0.39, 0.29) is 37.9 Å². The molecule has 0 aromatic carbocycles. The van der Waals surface area contributed by atoms with Crippen LogP contribution in [0.2, 0.25) is 0 Å². The van der Waals surface area contributed by atoms with Gasteiger partial charge in [0.1, 0.15) is 12.1 Å². The first-order chi connectivity index (χ1) is 16.8. The van der Waals surface area contributed by atoms with E-state index < -0.39 is 65.0 Å². The topological polar surface area (TPSA) is 212 Å². The fourth-order valence-electron chi connectivity index (χ4n) is 5.09. The standard InChI is InChI=1S/C19H21F3N8O6/c20-19(21,22)10-2-1-8(36-10)14(33)26-9-6-30-16(24)25-7(5-29-11(31)3-4-12(29)32)13-17(30,18(9,34)35)28-15(23)27-13/h1-2,7,9,13,34-35H,3-6H2,(H2,24,25)(H,26,33)(H3,23,27,28)/t7-,9?,13?,17?/m0/s1. The van der Waals surface area contributed by atoms with E-state index in [1.807, 2.05) is 0 Å². The second-order valence-corrected chi connectivity index (χ2v) is 8.83. The molecule has 3 unspecified atom stereocenters. The molecule has 1 aromatic heterocycles. The third-order valence-electron chi connectivity index (χ3n) is 6.74. The molecule has 0 saturated carbocycles. The number of nitrogens with two attached hydrogens (primary N) is 2. The number of halogens is 3. The van der Waals surface area contributed by atoms with Crippen molar-refractivity contribution in [3.05, 3.63) is 23.7 Å². The van der Waals surface area contributed by atoms with Crippen molar-refractivity contribution in [3.63, 3.8) is 0 Å². The molecule has 0 radical (unpaired) electrons. The fraction of sp³-hybridized carbons (Fsp3) is 0.526. The first kappa shape index (κ1) is 23.9. The highest BCUT2D eigenvalue weighted by Gasteiger charge is 2.73. The van der Waals surface area contributed by atoms with Gasteiger partial charge in [-0.25, -0.2) is 9.98 Å². The monoisotopic (exact) mass is 514 g/mol. The summed E-state index contributed by atoms with van der Waals surface area (Å²) < 4.78 is 43.0. The highest BCUT2D eigenvalue weighted by molar-refractivity contribution is 6.02. The Balaban J connectivity index is 1.44. The number of imide groups is 1. The Morgan fingerprint density at radius 1 is 1.22 bits per heavy atom. The summed E-state index contributed by atoms with van der Waals surface area (Å²) in [5.74, 6) is -7.44. The molecule has 5 rings (SSSR count). The van der Waals surface area contributed by atoms with Gasteiger partial charge in [-0.05, 0) is 12.1 Å². The van der Waals surface area contributed by atoms with Gasteiger partial charge in [-0.2, -0.15) is 13.2 Å². The van der Waals surface area contributed by atoms with Crippen molar-refractivity contribution in [3.8, 4) is 0 Å². The van der Waals surface area contributed by atoms with Crippen molar-refractivity contribution in [2.45, 2.75) is 48.6 Å². The van der Waals surface area contributed by atoms with Crippen LogP contribution < -0.4 is 22.1 Å². The number of alkyl halides is 3. The van der Waals surface area contributed by atoms with E-state index in [0.717, 1.165) is 11.0 Å². The van der Waals surface area contributed by atoms with Gasteiger partial charge in [0.2, 0.25) is 23.4 Å². The van der Waals surface area contributed by atoms with Gasteiger partial charge in [0.15, 0.2) is 23.3 Å². The Bertz CT molecular complexity index is 1200. The number of aliphatic imine (C=N–C) groups is 2. The van der Waals surface area contributed by atoms with Gasteiger partial charge in [-0.1, -0.05) is 0 Å². The van der Waals surface area contributed by atoms with E-state index in [0.29, 0.717) is 6.07 Å². The summed E-state index contributed by atoms with van der Waals surface area (Å²) in [6.07, 6.45) is -4.77. The quantitative estimate of drug-likeness (QED) is 0.180. The normalized spacial score (nSPS) is 31.1. The minimum atomic E-state index is -4.82. The van der Waals surface area contributed by atoms with Crippen LogP contribution in [0, 0.1) is 0 Å². The molecule has 1 spiro atoms. The molecule has 2 saturated heterocycles. The molecule has 4 aliphatic rings. The van der Waals surface area contributed by atoms with E-state index in [4.69, 9.17) is 11.5 Å². The maximum absolute atomic E-state index is 12.8. The average Bonchev–Trinajstić information content (AvgIpc) is 3.52. The minimum absolute atomic E-state index is 0.0250. The van der Waals surface area contributed by atoms with E-state index in [1.165, 1.54) is 4.90 Å². The van der Waals surface area contributed by atoms with Crippen LogP contribution >= 0.6 is 0 Å². The Hall–Kier alpha value is -3.86. The Morgan fingerprint density at radius 2 is 1.89 bits per heavy atom. The number of carbonyl (C=O) groups is 3. The summed E-state index contributed by atoms with van der Waals surface area (Å²) in [6.45, 7) is -0.613. The molecule has 194 valence electrons. The third-order valence-corrected chi connectivity index (χ3v) is 6.74. The molecule has 0 bridgehead atoms. The van der Waals surface area contributed by atoms with Crippen LogP contribution in [0.25, 0.3) is 0 Å². The molecule has 5 heterocycles. The third kappa shape index (κ3) is 3.29. The van der Waals surface area contributed by atoms with Crippen LogP contribution in [0.5, 0.6) is 0 Å². The number of rotatable bonds is 4. The van der Waals surface area contributed by atoms with Gasteiger partial charge in [0, 0.05) is 19.4 Å². The van der Waals surface area contributed by atoms with Crippen molar-refractivity contribution >= 4 is 29.6 Å². The largest absolute Gasteiger partial charge is 0.449 e. The molecule has 1 aromatic rings. The van der Waals surface area contributed by atoms with E-state index >= 15 is 0 Å². The lowest BCUT2D eigenvalue weighted by molar-refractivity contribution is -0.230. The molecule has 4 aliphatic heterocycles. The first-order valence-corrected chi connectivity index (χ1v) is 10.7. The molecule has 4 atom stereocenters. The Morgan fingerprint density at radius 3 is 2.50 bits per heavy atom. The molecule has 2 fully saturated rings. The molecule has 14 nitrogen and oxygen atoms in total. The number of hydrogen-bond acceptors (Lipinski definition) is 12. The number of furan rings is 1. The Kier molecular flexibility index (Phi) is 5.02. The number of aliphatic hydroxyl groups is 2. The molecule has 8 N–H and O–H groups in total. The molecule has 17 heteroatoms. The lowest BCUT2D eigenvalue weighted by Gasteiger charge is -2.49. The number of nitrogens with zero attached hydrogens (tertiary/aromatic N) is 4. The summed E-state index contributed by atoms with van der Waals surface area (Å²) >= 11 is 0. The maximum atomic E-state index is 12.8. The summed E-state index contributed by atoms with van der Waals surface area (Å²) in [6, 6.07) is -2.38. The summed E-state index contributed by atoms with van der Waals surface area (Å²) in [7, 11) is 0. The molecular formula is C19H21F3N8O6. The number of amides is 3. The predicted molar refractivity (Wildman–Crippen MR) is 111 cm³/mol. The van der Waals surface area contributed by atoms with E-state index in [2.05, 4.69) is 25.0 Å². The van der Waals surface area contributed by atoms with Crippen LogP contribution in [-0.4, -0.2) is 92.3 Å². The number of guanidine groups is 2. The van der Waals surface area contributed by atoms with Crippen molar-refractivity contribution < 1.29 is 42.2 Å². The second-order valence-electron chi connectivity index (χ2n) is 8.83. The lowest BCUT2D eigenvalue weighted by Crippen LogP contribution is -2.78. The highest BCUT2D eigenvalue weighted by atomic mass is 19.4. The van der Waals surface area contributed by atoms with Crippen molar-refractivity contribution in [1.29, 1.82) is 0 Å². The number of hydrogen-bond donors (Lipinski definition) is 6. The predicted octanol–water partition coefficient (Wildman–Crippen LogP) is -2.78. The van der Waals surface area contributed by atoms with Gasteiger partial charge >= 0.3 is 6.18 Å². The SMILES string of the molecule is NC1=NC2[C@H](CN3C(=O)CCC3=O)N=C(N)N3CC(NC(=O)c4ccc(C(F)(F)F)o4)C(O)(O)C23N1. The first-order valence-electron chi connectivity index (χ1n) is 10.7. The summed E-state index contributed by atoms with van der Waals surface area (Å²) in [5, 5.41) is 27.5. The number of nitrogens with one attached hydrogen (secondary N) is 2. The van der Waals surface area contributed by atoms with Crippen LogP contribution in [-0.2, 0) is 15.8 Å². The van der Waals surface area contributed by atoms with Crippen molar-refractivity contribution in [1.82, 2.24) is 20.4 Å². The van der Waals surface area contributed by atoms with E-state index in [9.17, 15) is 37.8 Å². The zero-order valence-electron chi connectivity index (χ0n) is 18.3. The molecule has 3 amide bonds. The summed E-state index contributed by atoms with van der Waals surface area (Å²) in [4.78, 5) is 47.6. The van der Waals surface area contributed by atoms with E-state index in [1.54, 1.807) is 0 Å². The van der Waals surface area contributed by atoms with Crippen molar-refractivity contribution in [2.24, 2.45) is 21.5 Å². The van der Waals surface area contributed by atoms with Crippen molar-refractivity contribution in [2.75, 3.05) is 13.1 Å². The zero-order chi connectivity index (χ0) is 26.2. The van der Waals surface area contributed by atoms with Crippen LogP contribution in [0.15, 0.2) is 26.5 Å². The lowest BCUT2D eigenvalue weighted by atomic mass is 9.85. The van der Waals surface area contributed by atoms with Gasteiger partial charge in [-0.3, -0.25) is 19.3 Å². The maximum Gasteiger partial charge on any atom is 0.449 e. The average molecular weight is 514 g/mol. The molecule has 0 aliphatic carbocycles. The van der Waals surface area contributed by atoms with Crippen LogP contribution in [0.1, 0.15) is 29.2 Å². The van der Waals surface area contributed by atoms with Crippen LogP contribution in [0.4, 0.5) is 13.2 Å². The number of carbonyl (C=O) groups excluding carboxylic acids is 3. The molecular weight excluding hydrogens is 493 g/mol. The molecule has 36 heavy (non-hydrogen) atoms. The van der Waals surface area contributed by atoms with Crippen LogP contribution in [0.3, 0.4) is 0 Å². The van der Waals surface area contributed by atoms with Gasteiger partial charge < -0.3 is 41.6 Å². The summed E-state index contributed by atoms with van der Waals surface area (Å²) in [5.41, 5.74) is 9.99. The van der Waals surface area contributed by atoms with Gasteiger partial charge in [0.25, 0.3) is 5.91 Å². The number of likely N-dealkylation sites (tertiary alicyclic amines) is 1.